The summed E-state index contributed by atoms with van der Waals surface area (Å²) in [5.41, 5.74) is -1.64. The normalized spacial score (nSPS) is 17.6. The molecule has 0 aromatic rings. The minimum Gasteiger partial charge on any atom is -0.499 e. The highest BCUT2D eigenvalue weighted by molar-refractivity contribution is 5.77. The van der Waals surface area contributed by atoms with Crippen LogP contribution in [0.15, 0.2) is 25.7 Å². The summed E-state index contributed by atoms with van der Waals surface area (Å²) in [6, 6.07) is 0. The van der Waals surface area contributed by atoms with Crippen LogP contribution in [0.25, 0.3) is 0 Å². The Hall–Kier alpha value is -4.01. The largest absolute Gasteiger partial charge is 0.499 e. The predicted octanol–water partition coefficient (Wildman–Crippen LogP) is 8.72. The first-order valence-electron chi connectivity index (χ1n) is 26.7. The summed E-state index contributed by atoms with van der Waals surface area (Å²) < 4.78 is 67.1. The van der Waals surface area contributed by atoms with Crippen molar-refractivity contribution in [2.75, 3.05) is 112 Å². The van der Waals surface area contributed by atoms with Gasteiger partial charge in [0.05, 0.1) is 112 Å². The van der Waals surface area contributed by atoms with Crippen LogP contribution >= 0.6 is 0 Å². The van der Waals surface area contributed by atoms with Gasteiger partial charge in [0.15, 0.2) is 0 Å². The third kappa shape index (κ3) is 35.3. The number of esters is 4. The zero-order chi connectivity index (χ0) is 55.9. The zero-order valence-electron chi connectivity index (χ0n) is 47.6. The standard InChI is InChI=1S/C18H31NO6.C13H24O4.2C12H22O4/c1-4-18(2,3)16(20)23-10-9-22-8-7-19-17(21)24-12-13-5-6-14-15(11-13)25-14;1-4-13(2,3)12(14)16-8-6-5-7-15-9-11-10-17-11;2*1-5-12(3,4)11(13)16-10-9-15-8-7-14-6-2/h13-15H,4-12H2,1-3H3,(H,19,21);11H,4-10H2,1-3H3;2*6H,2,5,7-10H2,1,3-4H3. The van der Waals surface area contributed by atoms with Crippen molar-refractivity contribution in [1.82, 2.24) is 5.32 Å². The molecule has 19 heteroatoms. The maximum absolute atomic E-state index is 11.7. The van der Waals surface area contributed by atoms with Crippen molar-refractivity contribution in [3.8, 4) is 0 Å². The number of carbonyl (C=O) groups excluding carboxylic acids is 5. The fourth-order valence-corrected chi connectivity index (χ4v) is 5.58. The maximum Gasteiger partial charge on any atom is 0.407 e. The maximum atomic E-state index is 11.7. The van der Waals surface area contributed by atoms with Gasteiger partial charge in [-0.15, -0.1) is 0 Å². The van der Waals surface area contributed by atoms with Crippen molar-refractivity contribution in [2.45, 2.75) is 159 Å². The van der Waals surface area contributed by atoms with Crippen LogP contribution in [0.5, 0.6) is 0 Å². The number of epoxide rings is 2. The fourth-order valence-electron chi connectivity index (χ4n) is 5.58. The van der Waals surface area contributed by atoms with Crippen LogP contribution in [-0.2, 0) is 80.8 Å². The molecule has 3 fully saturated rings. The molecule has 1 N–H and O–H groups in total. The van der Waals surface area contributed by atoms with Crippen LogP contribution in [0, 0.1) is 27.6 Å². The second kappa shape index (κ2) is 40.3. The second-order valence-corrected chi connectivity index (χ2v) is 20.6. The highest BCUT2D eigenvalue weighted by Gasteiger charge is 2.44. The van der Waals surface area contributed by atoms with Crippen LogP contribution < -0.4 is 5.32 Å². The number of alkyl carbamates (subject to hydrolysis) is 1. The number of unbranched alkanes of at least 4 members (excludes halogenated alkanes) is 1. The van der Waals surface area contributed by atoms with E-state index >= 15 is 0 Å². The fraction of sp³-hybridized carbons (Fsp3) is 0.836. The van der Waals surface area contributed by atoms with E-state index in [2.05, 4.69) is 18.5 Å². The van der Waals surface area contributed by atoms with E-state index in [9.17, 15) is 24.0 Å². The van der Waals surface area contributed by atoms with Gasteiger partial charge >= 0.3 is 30.0 Å². The van der Waals surface area contributed by atoms with Crippen molar-refractivity contribution >= 4 is 30.0 Å². The Labute approximate surface area is 444 Å². The molecule has 0 aromatic heterocycles. The number of ether oxygens (including phenoxy) is 13. The molecular formula is C55H99NO18. The zero-order valence-corrected chi connectivity index (χ0v) is 47.6. The van der Waals surface area contributed by atoms with Crippen molar-refractivity contribution in [2.24, 2.45) is 27.6 Å². The third-order valence-electron chi connectivity index (χ3n) is 12.8. The molecular weight excluding hydrogens is 963 g/mol. The Morgan fingerprint density at radius 2 is 0.905 bits per heavy atom. The van der Waals surface area contributed by atoms with Gasteiger partial charge in [-0.3, -0.25) is 19.2 Å². The summed E-state index contributed by atoms with van der Waals surface area (Å²) in [5.74, 6) is -0.270. The molecule has 1 saturated carbocycles. The van der Waals surface area contributed by atoms with E-state index in [1.165, 1.54) is 12.5 Å². The van der Waals surface area contributed by atoms with Gasteiger partial charge in [-0.05, 0) is 119 Å². The molecule has 19 nitrogen and oxygen atoms in total. The first-order valence-corrected chi connectivity index (χ1v) is 26.7. The van der Waals surface area contributed by atoms with Crippen LogP contribution in [0.1, 0.15) is 141 Å². The topological polar surface area (TPSA) is 224 Å². The summed E-state index contributed by atoms with van der Waals surface area (Å²) in [6.07, 6.45) is 11.5. The van der Waals surface area contributed by atoms with Gasteiger partial charge in [0.2, 0.25) is 0 Å². The number of amides is 1. The number of hydrogen-bond donors (Lipinski definition) is 1. The third-order valence-corrected chi connectivity index (χ3v) is 12.8. The molecule has 3 aliphatic rings. The summed E-state index contributed by atoms with van der Waals surface area (Å²) in [7, 11) is 0. The molecule has 4 unspecified atom stereocenters. The minimum atomic E-state index is -0.462. The molecule has 0 aromatic carbocycles. The number of nitrogens with one attached hydrogen (secondary N) is 1. The molecule has 74 heavy (non-hydrogen) atoms. The number of rotatable bonds is 37. The van der Waals surface area contributed by atoms with Crippen LogP contribution in [0.2, 0.25) is 0 Å². The summed E-state index contributed by atoms with van der Waals surface area (Å²) >= 11 is 0. The molecule has 1 amide bonds. The summed E-state index contributed by atoms with van der Waals surface area (Å²) in [4.78, 5) is 58.0. The molecule has 432 valence electrons. The first-order chi connectivity index (χ1) is 35.1. The number of hydrogen-bond acceptors (Lipinski definition) is 18. The van der Waals surface area contributed by atoms with Gasteiger partial charge in [0.25, 0.3) is 0 Å². The summed E-state index contributed by atoms with van der Waals surface area (Å²) in [5, 5.41) is 2.65. The van der Waals surface area contributed by atoms with Gasteiger partial charge in [0, 0.05) is 13.2 Å². The average Bonchev–Trinajstić information content (AvgIpc) is 4.34. The van der Waals surface area contributed by atoms with Crippen molar-refractivity contribution in [1.29, 1.82) is 0 Å². The van der Waals surface area contributed by atoms with Crippen molar-refractivity contribution in [3.63, 3.8) is 0 Å². The Morgan fingerprint density at radius 1 is 0.500 bits per heavy atom. The van der Waals surface area contributed by atoms with Gasteiger partial charge in [-0.1, -0.05) is 40.9 Å². The minimum absolute atomic E-state index is 0.104. The van der Waals surface area contributed by atoms with Crippen LogP contribution in [0.4, 0.5) is 4.79 Å². The van der Waals surface area contributed by atoms with E-state index in [0.29, 0.717) is 110 Å². The Bertz CT molecular complexity index is 1500. The molecule has 0 bridgehead atoms. The lowest BCUT2D eigenvalue weighted by Gasteiger charge is -2.20. The van der Waals surface area contributed by atoms with E-state index in [4.69, 9.17) is 61.6 Å². The monoisotopic (exact) mass is 1060 g/mol. The van der Waals surface area contributed by atoms with Crippen LogP contribution in [-0.4, -0.2) is 161 Å². The van der Waals surface area contributed by atoms with Gasteiger partial charge in [-0.25, -0.2) is 4.79 Å². The highest BCUT2D eigenvalue weighted by Crippen LogP contribution is 2.39. The molecule has 0 spiro atoms. The Morgan fingerprint density at radius 3 is 1.31 bits per heavy atom. The summed E-state index contributed by atoms with van der Waals surface area (Å²) in [6.45, 7) is 37.4. The number of fused-ring (bicyclic) bond motifs is 1. The van der Waals surface area contributed by atoms with Gasteiger partial charge in [0.1, 0.15) is 39.1 Å². The van der Waals surface area contributed by atoms with Crippen molar-refractivity contribution in [3.05, 3.63) is 25.7 Å². The van der Waals surface area contributed by atoms with Crippen LogP contribution in [0.3, 0.4) is 0 Å². The molecule has 2 saturated heterocycles. The van der Waals surface area contributed by atoms with E-state index in [1.807, 2.05) is 83.1 Å². The smallest absolute Gasteiger partial charge is 0.407 e. The average molecular weight is 1060 g/mol. The SMILES string of the molecule is C=COCCOCCOC(=O)C(C)(C)CC.C=COCCOCCOC(=O)C(C)(C)CC.CCC(C)(C)C(=O)OCCCCOCC1CO1.CCC(C)(C)C(=O)OCCOCCNC(=O)OCC1CCC2OC2C1. The molecule has 4 atom stereocenters. The van der Waals surface area contributed by atoms with E-state index in [0.717, 1.165) is 64.4 Å². The molecule has 3 rings (SSSR count). The van der Waals surface area contributed by atoms with Gasteiger partial charge in [-0.2, -0.15) is 0 Å². The Kier molecular flexibility index (Phi) is 38.1. The molecule has 2 heterocycles. The predicted molar refractivity (Wildman–Crippen MR) is 280 cm³/mol. The molecule has 2 aliphatic heterocycles. The molecule has 1 aliphatic carbocycles. The Balaban J connectivity index is 0.000000983. The lowest BCUT2D eigenvalue weighted by atomic mass is 9.90. The number of carbonyl (C=O) groups is 5. The molecule has 0 radical (unpaired) electrons. The quantitative estimate of drug-likeness (QED) is 0.0202. The van der Waals surface area contributed by atoms with E-state index in [1.54, 1.807) is 0 Å². The first kappa shape index (κ1) is 70.0. The second-order valence-electron chi connectivity index (χ2n) is 20.6. The highest BCUT2D eigenvalue weighted by atomic mass is 16.6. The van der Waals surface area contributed by atoms with E-state index in [-0.39, 0.29) is 49.1 Å². The van der Waals surface area contributed by atoms with Crippen molar-refractivity contribution < 1.29 is 85.6 Å². The lowest BCUT2D eigenvalue weighted by molar-refractivity contribution is -0.156. The van der Waals surface area contributed by atoms with Gasteiger partial charge < -0.3 is 66.9 Å². The lowest BCUT2D eigenvalue weighted by Crippen LogP contribution is -2.31. The van der Waals surface area contributed by atoms with E-state index < -0.39 is 22.3 Å².